The number of carbonyl (C=O) groups is 2. The summed E-state index contributed by atoms with van der Waals surface area (Å²) in [6.45, 7) is 1.65. The molecule has 2 aliphatic rings. The van der Waals surface area contributed by atoms with E-state index in [0.717, 1.165) is 38.8 Å². The normalized spacial score (nSPS) is 23.8. The molecule has 1 aliphatic heterocycles. The fourth-order valence-electron chi connectivity index (χ4n) is 3.63. The van der Waals surface area contributed by atoms with E-state index in [0.29, 0.717) is 17.4 Å². The van der Waals surface area contributed by atoms with Gasteiger partial charge in [0, 0.05) is 24.7 Å². The quantitative estimate of drug-likeness (QED) is 0.688. The molecule has 2 fully saturated rings. The Balaban J connectivity index is 1.35. The minimum absolute atomic E-state index is 0.0395. The van der Waals surface area contributed by atoms with Crippen molar-refractivity contribution in [2.24, 2.45) is 0 Å². The number of amides is 2. The molecule has 3 N–H and O–H groups in total. The van der Waals surface area contributed by atoms with Gasteiger partial charge in [0.25, 0.3) is 5.91 Å². The van der Waals surface area contributed by atoms with Gasteiger partial charge in [-0.15, -0.1) is 0 Å². The van der Waals surface area contributed by atoms with Crippen molar-refractivity contribution in [2.75, 3.05) is 26.7 Å². The summed E-state index contributed by atoms with van der Waals surface area (Å²) in [4.78, 5) is 26.5. The van der Waals surface area contributed by atoms with Crippen molar-refractivity contribution in [3.8, 4) is 5.75 Å². The minimum Gasteiger partial charge on any atom is -0.497 e. The van der Waals surface area contributed by atoms with Crippen LogP contribution in [0.4, 0.5) is 0 Å². The third-order valence-electron chi connectivity index (χ3n) is 5.20. The van der Waals surface area contributed by atoms with Gasteiger partial charge in [-0.25, -0.2) is 0 Å². The maximum atomic E-state index is 12.1. The number of benzene rings is 1. The maximum absolute atomic E-state index is 12.1. The summed E-state index contributed by atoms with van der Waals surface area (Å²) in [5.74, 6) is 0.131. The van der Waals surface area contributed by atoms with Gasteiger partial charge in [0.15, 0.2) is 0 Å². The Labute approximate surface area is 153 Å². The van der Waals surface area contributed by atoms with Crippen molar-refractivity contribution in [3.05, 3.63) is 29.8 Å². The van der Waals surface area contributed by atoms with Gasteiger partial charge < -0.3 is 20.5 Å². The highest BCUT2D eigenvalue weighted by molar-refractivity contribution is 5.96. The molecule has 2 amide bonds. The molecule has 26 heavy (non-hydrogen) atoms. The van der Waals surface area contributed by atoms with Crippen molar-refractivity contribution in [1.29, 1.82) is 0 Å². The van der Waals surface area contributed by atoms with Crippen LogP contribution in [0.3, 0.4) is 0 Å². The first-order chi connectivity index (χ1) is 12.5. The van der Waals surface area contributed by atoms with Gasteiger partial charge in [-0.2, -0.15) is 0 Å². The first-order valence-electron chi connectivity index (χ1n) is 9.19. The molecule has 0 radical (unpaired) electrons. The highest BCUT2D eigenvalue weighted by Gasteiger charge is 2.34. The molecule has 7 nitrogen and oxygen atoms in total. The maximum Gasteiger partial charge on any atom is 0.251 e. The van der Waals surface area contributed by atoms with Crippen LogP contribution in [0.1, 0.15) is 36.0 Å². The zero-order valence-electron chi connectivity index (χ0n) is 15.1. The molecule has 1 aromatic rings. The van der Waals surface area contributed by atoms with Gasteiger partial charge in [-0.05, 0) is 43.9 Å². The second-order valence-electron chi connectivity index (χ2n) is 7.10. The van der Waals surface area contributed by atoms with E-state index < -0.39 is 0 Å². The molecule has 0 aromatic heterocycles. The van der Waals surface area contributed by atoms with E-state index >= 15 is 0 Å². The number of aliphatic hydroxyl groups excluding tert-OH is 1. The van der Waals surface area contributed by atoms with E-state index in [1.54, 1.807) is 31.4 Å². The largest absolute Gasteiger partial charge is 0.497 e. The Hall–Kier alpha value is -2.12. The summed E-state index contributed by atoms with van der Waals surface area (Å²) in [7, 11) is 1.54. The van der Waals surface area contributed by atoms with Crippen LogP contribution in [0, 0.1) is 0 Å². The van der Waals surface area contributed by atoms with Crippen LogP contribution < -0.4 is 15.4 Å². The third-order valence-corrected chi connectivity index (χ3v) is 5.20. The van der Waals surface area contributed by atoms with Gasteiger partial charge in [0.05, 0.1) is 25.8 Å². The lowest BCUT2D eigenvalue weighted by Crippen LogP contribution is -2.63. The average Bonchev–Trinajstić information content (AvgIpc) is 2.63. The standard InChI is InChI=1S/C19H27N3O4/c1-26-17-4-2-3-13(9-17)19(25)20-10-18(24)21-14-11-22(12-14)15-5-7-16(23)8-6-15/h2-4,9,14-16,23H,5-8,10-12H2,1H3,(H,20,25)(H,21,24)/t15-,16-. The SMILES string of the molecule is COc1cccc(C(=O)NCC(=O)NC2CN([C@H]3CC[C@H](O)CC3)C2)c1. The van der Waals surface area contributed by atoms with Crippen molar-refractivity contribution >= 4 is 11.8 Å². The number of rotatable bonds is 6. The van der Waals surface area contributed by atoms with Crippen LogP contribution in [0.2, 0.25) is 0 Å². The summed E-state index contributed by atoms with van der Waals surface area (Å²) in [5.41, 5.74) is 0.464. The Morgan fingerprint density at radius 3 is 2.65 bits per heavy atom. The molecule has 0 unspecified atom stereocenters. The number of methoxy groups -OCH3 is 1. The average molecular weight is 361 g/mol. The monoisotopic (exact) mass is 361 g/mol. The van der Waals surface area contributed by atoms with Crippen LogP contribution in [0.25, 0.3) is 0 Å². The number of nitrogens with zero attached hydrogens (tertiary/aromatic N) is 1. The van der Waals surface area contributed by atoms with Crippen molar-refractivity contribution in [3.63, 3.8) is 0 Å². The van der Waals surface area contributed by atoms with Crippen LogP contribution in [-0.4, -0.2) is 66.8 Å². The Bertz CT molecular complexity index is 637. The molecule has 0 spiro atoms. The zero-order chi connectivity index (χ0) is 18.5. The number of hydrogen-bond donors (Lipinski definition) is 3. The van der Waals surface area contributed by atoms with Crippen LogP contribution in [0.15, 0.2) is 24.3 Å². The third kappa shape index (κ3) is 4.74. The highest BCUT2D eigenvalue weighted by atomic mass is 16.5. The van der Waals surface area contributed by atoms with Gasteiger partial charge in [-0.3, -0.25) is 14.5 Å². The Morgan fingerprint density at radius 1 is 1.23 bits per heavy atom. The molecule has 0 bridgehead atoms. The van der Waals surface area contributed by atoms with E-state index in [9.17, 15) is 14.7 Å². The summed E-state index contributed by atoms with van der Waals surface area (Å²) in [6.07, 6.45) is 3.65. The van der Waals surface area contributed by atoms with Crippen LogP contribution in [0.5, 0.6) is 5.75 Å². The summed E-state index contributed by atoms with van der Waals surface area (Å²) >= 11 is 0. The van der Waals surface area contributed by atoms with Gasteiger partial charge >= 0.3 is 0 Å². The van der Waals surface area contributed by atoms with Gasteiger partial charge in [0.2, 0.25) is 5.91 Å². The first kappa shape index (κ1) is 18.7. The topological polar surface area (TPSA) is 90.9 Å². The first-order valence-corrected chi connectivity index (χ1v) is 9.19. The second-order valence-corrected chi connectivity index (χ2v) is 7.10. The molecule has 1 aromatic carbocycles. The Kier molecular flexibility index (Phi) is 6.11. The summed E-state index contributed by atoms with van der Waals surface area (Å²) in [6, 6.07) is 7.49. The predicted octanol–water partition coefficient (Wildman–Crippen LogP) is 0.529. The summed E-state index contributed by atoms with van der Waals surface area (Å²) < 4.78 is 5.09. The van der Waals surface area contributed by atoms with Crippen molar-refractivity contribution in [1.82, 2.24) is 15.5 Å². The number of ether oxygens (including phenoxy) is 1. The number of hydrogen-bond acceptors (Lipinski definition) is 5. The molecule has 1 aliphatic carbocycles. The van der Waals surface area contributed by atoms with E-state index in [1.165, 1.54) is 0 Å². The predicted molar refractivity (Wildman–Crippen MR) is 97.1 cm³/mol. The van der Waals surface area contributed by atoms with E-state index in [2.05, 4.69) is 15.5 Å². The molecule has 1 heterocycles. The molecular weight excluding hydrogens is 334 g/mol. The van der Waals surface area contributed by atoms with E-state index in [1.807, 2.05) is 0 Å². The number of aliphatic hydroxyl groups is 1. The minimum atomic E-state index is -0.296. The lowest BCUT2D eigenvalue weighted by atomic mass is 9.89. The molecule has 1 saturated carbocycles. The molecular formula is C19H27N3O4. The zero-order valence-corrected chi connectivity index (χ0v) is 15.1. The number of likely N-dealkylation sites (tertiary alicyclic amines) is 1. The molecule has 1 saturated heterocycles. The fraction of sp³-hybridized carbons (Fsp3) is 0.579. The second kappa shape index (κ2) is 8.51. The van der Waals surface area contributed by atoms with Crippen LogP contribution in [-0.2, 0) is 4.79 Å². The lowest BCUT2D eigenvalue weighted by Gasteiger charge is -2.46. The van der Waals surface area contributed by atoms with Crippen molar-refractivity contribution in [2.45, 2.75) is 43.9 Å². The highest BCUT2D eigenvalue weighted by Crippen LogP contribution is 2.26. The molecule has 142 valence electrons. The molecule has 3 rings (SSSR count). The van der Waals surface area contributed by atoms with E-state index in [4.69, 9.17) is 4.74 Å². The van der Waals surface area contributed by atoms with Crippen LogP contribution >= 0.6 is 0 Å². The molecule has 7 heteroatoms. The Morgan fingerprint density at radius 2 is 1.96 bits per heavy atom. The van der Waals surface area contributed by atoms with Crippen molar-refractivity contribution < 1.29 is 19.4 Å². The smallest absolute Gasteiger partial charge is 0.251 e. The van der Waals surface area contributed by atoms with Gasteiger partial charge in [0.1, 0.15) is 5.75 Å². The lowest BCUT2D eigenvalue weighted by molar-refractivity contribution is -0.122. The number of carbonyl (C=O) groups excluding carboxylic acids is 2. The summed E-state index contributed by atoms with van der Waals surface area (Å²) in [5, 5.41) is 15.2. The van der Waals surface area contributed by atoms with E-state index in [-0.39, 0.29) is 30.5 Å². The molecule has 0 atom stereocenters. The van der Waals surface area contributed by atoms with Gasteiger partial charge in [-0.1, -0.05) is 6.07 Å². The number of nitrogens with one attached hydrogen (secondary N) is 2. The fourth-order valence-corrected chi connectivity index (χ4v) is 3.63.